The highest BCUT2D eigenvalue weighted by molar-refractivity contribution is 7.15. The molecule has 29 heavy (non-hydrogen) atoms. The topological polar surface area (TPSA) is 42.0 Å². The van der Waals surface area contributed by atoms with Gasteiger partial charge in [0.2, 0.25) is 5.91 Å². The molecule has 0 saturated carbocycles. The Kier molecular flexibility index (Phi) is 5.43. The Hall–Kier alpha value is -1.73. The fraction of sp³-hybridized carbons (Fsp3) is 0.522. The van der Waals surface area contributed by atoms with Crippen molar-refractivity contribution in [2.24, 2.45) is 0 Å². The van der Waals surface area contributed by atoms with Gasteiger partial charge in [0.1, 0.15) is 0 Å². The average Bonchev–Trinajstić information content (AvgIpc) is 3.22. The van der Waals surface area contributed by atoms with Gasteiger partial charge in [-0.1, -0.05) is 30.3 Å². The lowest BCUT2D eigenvalue weighted by molar-refractivity contribution is -0.142. The van der Waals surface area contributed by atoms with Crippen LogP contribution in [0.1, 0.15) is 23.3 Å². The first-order valence-electron chi connectivity index (χ1n) is 10.6. The number of rotatable bonds is 3. The second-order valence-electron chi connectivity index (χ2n) is 8.18. The minimum absolute atomic E-state index is 0.215. The highest BCUT2D eigenvalue weighted by Crippen LogP contribution is 2.46. The van der Waals surface area contributed by atoms with Gasteiger partial charge in [0.05, 0.1) is 32.0 Å². The summed E-state index contributed by atoms with van der Waals surface area (Å²) in [7, 11) is 0. The Labute approximate surface area is 176 Å². The summed E-state index contributed by atoms with van der Waals surface area (Å²) in [5, 5.41) is 0. The van der Waals surface area contributed by atoms with Crippen molar-refractivity contribution in [3.8, 4) is 10.4 Å². The van der Waals surface area contributed by atoms with Gasteiger partial charge in [-0.15, -0.1) is 11.3 Å². The Bertz CT molecular complexity index is 852. The van der Waals surface area contributed by atoms with Crippen LogP contribution in [0.5, 0.6) is 0 Å². The van der Waals surface area contributed by atoms with Crippen LogP contribution in [0.15, 0.2) is 36.4 Å². The fourth-order valence-corrected chi connectivity index (χ4v) is 5.98. The molecule has 2 aromatic rings. The number of nitrogens with zero attached hydrogens (tertiary/aromatic N) is 2. The number of carbonyl (C=O) groups is 1. The van der Waals surface area contributed by atoms with E-state index in [4.69, 9.17) is 9.47 Å². The molecule has 0 radical (unpaired) electrons. The van der Waals surface area contributed by atoms with E-state index in [1.807, 2.05) is 16.2 Å². The lowest BCUT2D eigenvalue weighted by Gasteiger charge is -2.44. The molecule has 0 bridgehead atoms. The number of likely N-dealkylation sites (tertiary alicyclic amines) is 1. The van der Waals surface area contributed by atoms with E-state index in [-0.39, 0.29) is 11.5 Å². The number of fused-ring (bicyclic) bond motifs is 2. The zero-order valence-electron chi connectivity index (χ0n) is 16.8. The predicted octanol–water partition coefficient (Wildman–Crippen LogP) is 3.14. The zero-order chi connectivity index (χ0) is 19.7. The van der Waals surface area contributed by atoms with Crippen molar-refractivity contribution >= 4 is 17.2 Å². The molecule has 0 atom stereocenters. The number of hydrogen-bond acceptors (Lipinski definition) is 5. The molecule has 1 spiro atoms. The molecule has 1 amide bonds. The minimum Gasteiger partial charge on any atom is -0.379 e. The number of thiophene rings is 1. The van der Waals surface area contributed by atoms with E-state index in [0.717, 1.165) is 65.3 Å². The Morgan fingerprint density at radius 1 is 1.03 bits per heavy atom. The first-order valence-corrected chi connectivity index (χ1v) is 11.5. The molecule has 4 heterocycles. The Balaban J connectivity index is 1.29. The summed E-state index contributed by atoms with van der Waals surface area (Å²) in [6.07, 6.45) is 2.77. The van der Waals surface area contributed by atoms with Crippen LogP contribution < -0.4 is 0 Å². The van der Waals surface area contributed by atoms with Crippen molar-refractivity contribution in [1.29, 1.82) is 0 Å². The van der Waals surface area contributed by atoms with Gasteiger partial charge >= 0.3 is 0 Å². The molecule has 2 saturated heterocycles. The van der Waals surface area contributed by atoms with E-state index < -0.39 is 0 Å². The number of carbonyl (C=O) groups excluding carboxylic acids is 1. The van der Waals surface area contributed by atoms with Crippen LogP contribution in [-0.2, 0) is 26.3 Å². The van der Waals surface area contributed by atoms with Crippen molar-refractivity contribution < 1.29 is 14.3 Å². The van der Waals surface area contributed by atoms with Crippen LogP contribution >= 0.6 is 11.3 Å². The second-order valence-corrected chi connectivity index (χ2v) is 9.31. The largest absolute Gasteiger partial charge is 0.379 e. The monoisotopic (exact) mass is 412 g/mol. The molecule has 3 aliphatic heterocycles. The van der Waals surface area contributed by atoms with Crippen molar-refractivity contribution in [2.75, 3.05) is 52.5 Å². The van der Waals surface area contributed by atoms with Gasteiger partial charge < -0.3 is 14.4 Å². The summed E-state index contributed by atoms with van der Waals surface area (Å²) >= 11 is 1.91. The highest BCUT2D eigenvalue weighted by atomic mass is 32.1. The van der Waals surface area contributed by atoms with Crippen molar-refractivity contribution in [3.05, 3.63) is 46.8 Å². The van der Waals surface area contributed by atoms with Gasteiger partial charge in [0.15, 0.2) is 0 Å². The van der Waals surface area contributed by atoms with E-state index in [1.165, 1.54) is 20.9 Å². The van der Waals surface area contributed by atoms with Crippen LogP contribution in [-0.4, -0.2) is 68.3 Å². The maximum Gasteiger partial charge on any atom is 0.236 e. The van der Waals surface area contributed by atoms with Crippen LogP contribution in [0.2, 0.25) is 0 Å². The summed E-state index contributed by atoms with van der Waals surface area (Å²) in [4.78, 5) is 19.8. The molecule has 5 nitrogen and oxygen atoms in total. The molecule has 1 aromatic heterocycles. The van der Waals surface area contributed by atoms with Crippen LogP contribution in [0.4, 0.5) is 0 Å². The van der Waals surface area contributed by atoms with Crippen molar-refractivity contribution in [1.82, 2.24) is 9.80 Å². The quantitative estimate of drug-likeness (QED) is 0.777. The molecule has 5 rings (SSSR count). The summed E-state index contributed by atoms with van der Waals surface area (Å²) in [5.74, 6) is 0.244. The van der Waals surface area contributed by atoms with E-state index in [0.29, 0.717) is 6.54 Å². The molecule has 3 aliphatic rings. The van der Waals surface area contributed by atoms with Gasteiger partial charge in [-0.25, -0.2) is 0 Å². The van der Waals surface area contributed by atoms with Crippen molar-refractivity contribution in [2.45, 2.75) is 24.9 Å². The van der Waals surface area contributed by atoms with Crippen LogP contribution in [0, 0.1) is 0 Å². The van der Waals surface area contributed by atoms with Gasteiger partial charge in [-0.3, -0.25) is 9.69 Å². The molecule has 0 aliphatic carbocycles. The molecular formula is C23H28N2O3S. The molecule has 0 N–H and O–H groups in total. The van der Waals surface area contributed by atoms with Crippen LogP contribution in [0.3, 0.4) is 0 Å². The Morgan fingerprint density at radius 2 is 1.79 bits per heavy atom. The molecule has 154 valence electrons. The number of amides is 1. The number of morpholine rings is 1. The third-order valence-electron chi connectivity index (χ3n) is 6.45. The standard InChI is InChI=1S/C23H28N2O3S/c26-22(17-24-11-14-27-15-12-24)25-9-7-23(8-10-25)19-16-21(18-4-2-1-3-5-18)29-20(19)6-13-28-23/h1-5,16H,6-15,17H2. The molecule has 6 heteroatoms. The van der Waals surface area contributed by atoms with Gasteiger partial charge in [-0.05, 0) is 30.0 Å². The molecular weight excluding hydrogens is 384 g/mol. The van der Waals surface area contributed by atoms with Crippen LogP contribution in [0.25, 0.3) is 10.4 Å². The third-order valence-corrected chi connectivity index (χ3v) is 7.70. The minimum atomic E-state index is -0.215. The van der Waals surface area contributed by atoms with Gasteiger partial charge in [0.25, 0.3) is 0 Å². The van der Waals surface area contributed by atoms with Crippen molar-refractivity contribution in [3.63, 3.8) is 0 Å². The summed E-state index contributed by atoms with van der Waals surface area (Å²) < 4.78 is 11.8. The first kappa shape index (κ1) is 19.2. The number of piperidine rings is 1. The predicted molar refractivity (Wildman–Crippen MR) is 114 cm³/mol. The maximum absolute atomic E-state index is 12.8. The molecule has 1 aromatic carbocycles. The smallest absolute Gasteiger partial charge is 0.236 e. The fourth-order valence-electron chi connectivity index (χ4n) is 4.74. The summed E-state index contributed by atoms with van der Waals surface area (Å²) in [5.41, 5.74) is 2.43. The summed E-state index contributed by atoms with van der Waals surface area (Å²) in [6, 6.07) is 13.0. The number of ether oxygens (including phenoxy) is 2. The van der Waals surface area contributed by atoms with Gasteiger partial charge in [-0.2, -0.15) is 0 Å². The number of hydrogen-bond donors (Lipinski definition) is 0. The first-order chi connectivity index (χ1) is 14.2. The third kappa shape index (κ3) is 3.87. The SMILES string of the molecule is O=C(CN1CCOCC1)N1CCC2(CC1)OCCc1sc(-c3ccccc3)cc12. The average molecular weight is 413 g/mol. The van der Waals surface area contributed by atoms with E-state index in [2.05, 4.69) is 41.3 Å². The molecule has 2 fully saturated rings. The zero-order valence-corrected chi connectivity index (χ0v) is 17.6. The van der Waals surface area contributed by atoms with E-state index in [9.17, 15) is 4.79 Å². The van der Waals surface area contributed by atoms with E-state index >= 15 is 0 Å². The van der Waals surface area contributed by atoms with Gasteiger partial charge in [0, 0.05) is 42.4 Å². The summed E-state index contributed by atoms with van der Waals surface area (Å²) in [6.45, 7) is 6.02. The van der Waals surface area contributed by atoms with E-state index in [1.54, 1.807) is 0 Å². The normalized spacial score (nSPS) is 21.9. The number of benzene rings is 1. The maximum atomic E-state index is 12.8. The Morgan fingerprint density at radius 3 is 2.55 bits per heavy atom. The lowest BCUT2D eigenvalue weighted by atomic mass is 9.82. The second kappa shape index (κ2) is 8.19. The molecule has 0 unspecified atom stereocenters. The lowest BCUT2D eigenvalue weighted by Crippen LogP contribution is -2.51. The highest BCUT2D eigenvalue weighted by Gasteiger charge is 2.42.